The molecule has 0 amide bonds. The van der Waals surface area contributed by atoms with Crippen molar-refractivity contribution in [3.05, 3.63) is 0 Å². The van der Waals surface area contributed by atoms with Gasteiger partial charge in [0.1, 0.15) is 6.29 Å². The highest BCUT2D eigenvalue weighted by atomic mass is 16.1. The Morgan fingerprint density at radius 2 is 2.12 bits per heavy atom. The van der Waals surface area contributed by atoms with Crippen LogP contribution in [0.25, 0.3) is 0 Å². The minimum absolute atomic E-state index is 0.0166. The normalized spacial score (nSPS) is 8.00. The number of nitrogens with one attached hydrogen (secondary N) is 1. The minimum atomic E-state index is -0.0166. The fraction of sp³-hybridized carbons (Fsp3) is 0.400. The Morgan fingerprint density at radius 1 is 1.50 bits per heavy atom. The van der Waals surface area contributed by atoms with Crippen LogP contribution in [0, 0.1) is 5.41 Å². The van der Waals surface area contributed by atoms with E-state index in [-0.39, 0.29) is 18.6 Å². The molecule has 0 spiro atoms. The fourth-order valence-electron chi connectivity index (χ4n) is 0.273. The predicted octanol–water partition coefficient (Wildman–Crippen LogP) is 0.184. The van der Waals surface area contributed by atoms with Gasteiger partial charge < -0.3 is 10.2 Å². The first-order valence-electron chi connectivity index (χ1n) is 2.27. The monoisotopic (exact) mass is 113 g/mol. The van der Waals surface area contributed by atoms with E-state index in [1.54, 1.807) is 0 Å². The smallest absolute Gasteiger partial charge is 0.163 e. The van der Waals surface area contributed by atoms with E-state index >= 15 is 0 Å². The Hall–Kier alpha value is -0.990. The molecule has 0 aromatic carbocycles. The molecule has 3 heteroatoms. The third kappa shape index (κ3) is 3.21. The minimum Gasteiger partial charge on any atom is -0.303 e. The summed E-state index contributed by atoms with van der Waals surface area (Å²) in [5.74, 6) is 0. The zero-order chi connectivity index (χ0) is 6.41. The van der Waals surface area contributed by atoms with Crippen molar-refractivity contribution in [3.63, 3.8) is 0 Å². The highest BCUT2D eigenvalue weighted by molar-refractivity contribution is 6.26. The first-order valence-corrected chi connectivity index (χ1v) is 2.27. The molecule has 44 valence electrons. The molecule has 0 rings (SSSR count). The lowest BCUT2D eigenvalue weighted by molar-refractivity contribution is -0.107. The van der Waals surface area contributed by atoms with E-state index in [9.17, 15) is 9.59 Å². The summed E-state index contributed by atoms with van der Waals surface area (Å²) in [6.07, 6.45) is 1.69. The second-order valence-corrected chi connectivity index (χ2v) is 1.35. The molecule has 0 radical (unpaired) electrons. The Balaban J connectivity index is 3.24. The molecule has 0 bridgehead atoms. The molecule has 0 aromatic rings. The van der Waals surface area contributed by atoms with Crippen LogP contribution in [0.1, 0.15) is 12.8 Å². The van der Waals surface area contributed by atoms with Crippen molar-refractivity contribution in [3.8, 4) is 0 Å². The Labute approximate surface area is 47.2 Å². The molecule has 1 N–H and O–H groups in total. The van der Waals surface area contributed by atoms with Crippen molar-refractivity contribution in [2.75, 3.05) is 0 Å². The third-order valence-corrected chi connectivity index (χ3v) is 0.674. The summed E-state index contributed by atoms with van der Waals surface area (Å²) < 4.78 is 0. The van der Waals surface area contributed by atoms with Gasteiger partial charge in [-0.05, 0) is 6.42 Å². The van der Waals surface area contributed by atoms with Crippen molar-refractivity contribution < 1.29 is 9.59 Å². The lowest BCUT2D eigenvalue weighted by Gasteiger charge is -1.83. The topological polar surface area (TPSA) is 58.0 Å². The van der Waals surface area contributed by atoms with Gasteiger partial charge in [0.05, 0.1) is 5.71 Å². The molecule has 0 aliphatic rings. The molecular formula is C5H7NO2. The Morgan fingerprint density at radius 3 is 2.50 bits per heavy atom. The van der Waals surface area contributed by atoms with Gasteiger partial charge in [0.15, 0.2) is 6.29 Å². The maximum atomic E-state index is 9.67. The fourth-order valence-corrected chi connectivity index (χ4v) is 0.273. The average molecular weight is 113 g/mol. The lowest BCUT2D eigenvalue weighted by Crippen LogP contribution is -1.96. The van der Waals surface area contributed by atoms with Crippen LogP contribution in [-0.2, 0) is 9.59 Å². The summed E-state index contributed by atoms with van der Waals surface area (Å²) in [7, 11) is 0. The van der Waals surface area contributed by atoms with E-state index in [1.807, 2.05) is 0 Å². The van der Waals surface area contributed by atoms with Crippen molar-refractivity contribution in [2.24, 2.45) is 0 Å². The predicted molar refractivity (Wildman–Crippen MR) is 29.1 cm³/mol. The zero-order valence-electron chi connectivity index (χ0n) is 4.39. The first-order chi connectivity index (χ1) is 3.81. The van der Waals surface area contributed by atoms with Crippen LogP contribution < -0.4 is 0 Å². The van der Waals surface area contributed by atoms with Crippen molar-refractivity contribution in [1.82, 2.24) is 0 Å². The van der Waals surface area contributed by atoms with Crippen LogP contribution in [0.3, 0.4) is 0 Å². The molecule has 0 aliphatic carbocycles. The highest BCUT2D eigenvalue weighted by Crippen LogP contribution is 1.82. The SMILES string of the molecule is N=C(C=O)CCC=O. The maximum absolute atomic E-state index is 9.67. The van der Waals surface area contributed by atoms with E-state index in [1.165, 1.54) is 0 Å². The zero-order valence-corrected chi connectivity index (χ0v) is 4.39. The van der Waals surface area contributed by atoms with Crippen LogP contribution >= 0.6 is 0 Å². The molecule has 0 saturated carbocycles. The number of carbonyl (C=O) groups is 2. The van der Waals surface area contributed by atoms with E-state index in [2.05, 4.69) is 0 Å². The van der Waals surface area contributed by atoms with Crippen LogP contribution in [0.4, 0.5) is 0 Å². The molecule has 0 unspecified atom stereocenters. The Bertz CT molecular complexity index is 109. The summed E-state index contributed by atoms with van der Waals surface area (Å²) >= 11 is 0. The second-order valence-electron chi connectivity index (χ2n) is 1.35. The molecular weight excluding hydrogens is 106 g/mol. The molecule has 0 aliphatic heterocycles. The summed E-state index contributed by atoms with van der Waals surface area (Å²) in [6.45, 7) is 0. The third-order valence-electron chi connectivity index (χ3n) is 0.674. The Kier molecular flexibility index (Phi) is 3.66. The lowest BCUT2D eigenvalue weighted by atomic mass is 10.2. The molecule has 3 nitrogen and oxygen atoms in total. The number of carbonyl (C=O) groups excluding carboxylic acids is 2. The highest BCUT2D eigenvalue weighted by Gasteiger charge is 1.89. The number of aldehydes is 2. The second kappa shape index (κ2) is 4.18. The maximum Gasteiger partial charge on any atom is 0.163 e. The number of rotatable bonds is 4. The van der Waals surface area contributed by atoms with Crippen molar-refractivity contribution in [2.45, 2.75) is 12.8 Å². The first kappa shape index (κ1) is 7.01. The van der Waals surface area contributed by atoms with E-state index in [0.29, 0.717) is 12.6 Å². The van der Waals surface area contributed by atoms with Crippen molar-refractivity contribution >= 4 is 18.3 Å². The van der Waals surface area contributed by atoms with E-state index in [4.69, 9.17) is 5.41 Å². The van der Waals surface area contributed by atoms with Gasteiger partial charge in [0.25, 0.3) is 0 Å². The largest absolute Gasteiger partial charge is 0.303 e. The van der Waals surface area contributed by atoms with Gasteiger partial charge >= 0.3 is 0 Å². The number of hydrogen-bond donors (Lipinski definition) is 1. The molecule has 0 heterocycles. The molecule has 0 aromatic heterocycles. The number of hydrogen-bond acceptors (Lipinski definition) is 3. The van der Waals surface area contributed by atoms with E-state index < -0.39 is 0 Å². The van der Waals surface area contributed by atoms with Gasteiger partial charge in [-0.3, -0.25) is 4.79 Å². The standard InChI is InChI=1S/C5H7NO2/c6-5(4-8)2-1-3-7/h3-4,6H,1-2H2. The van der Waals surface area contributed by atoms with Crippen LogP contribution in [0.15, 0.2) is 0 Å². The molecule has 0 atom stereocenters. The molecule has 8 heavy (non-hydrogen) atoms. The van der Waals surface area contributed by atoms with Gasteiger partial charge in [-0.2, -0.15) is 0 Å². The van der Waals surface area contributed by atoms with Crippen LogP contribution in [0.5, 0.6) is 0 Å². The van der Waals surface area contributed by atoms with Crippen LogP contribution in [0.2, 0.25) is 0 Å². The van der Waals surface area contributed by atoms with Crippen molar-refractivity contribution in [1.29, 1.82) is 5.41 Å². The van der Waals surface area contributed by atoms with Gasteiger partial charge in [-0.1, -0.05) is 0 Å². The summed E-state index contributed by atoms with van der Waals surface area (Å²) in [5, 5.41) is 6.71. The summed E-state index contributed by atoms with van der Waals surface area (Å²) in [4.78, 5) is 19.3. The van der Waals surface area contributed by atoms with Gasteiger partial charge in [-0.25, -0.2) is 0 Å². The average Bonchev–Trinajstić information content (AvgIpc) is 1.83. The molecule has 0 saturated heterocycles. The van der Waals surface area contributed by atoms with Gasteiger partial charge in [0, 0.05) is 6.42 Å². The quantitative estimate of drug-likeness (QED) is 0.417. The van der Waals surface area contributed by atoms with Gasteiger partial charge in [0.2, 0.25) is 0 Å². The van der Waals surface area contributed by atoms with Crippen LogP contribution in [-0.4, -0.2) is 18.3 Å². The molecule has 0 fully saturated rings. The van der Waals surface area contributed by atoms with E-state index in [0.717, 1.165) is 0 Å². The van der Waals surface area contributed by atoms with Gasteiger partial charge in [-0.15, -0.1) is 0 Å². The summed E-state index contributed by atoms with van der Waals surface area (Å²) in [6, 6.07) is 0. The summed E-state index contributed by atoms with van der Waals surface area (Å²) in [5.41, 5.74) is -0.0166.